The number of hydrogen-bond donors (Lipinski definition) is 1. The van der Waals surface area contributed by atoms with Crippen LogP contribution in [0.3, 0.4) is 0 Å². The van der Waals surface area contributed by atoms with E-state index in [1.165, 1.54) is 0 Å². The van der Waals surface area contributed by atoms with Gasteiger partial charge < -0.3 is 14.8 Å². The van der Waals surface area contributed by atoms with Gasteiger partial charge in [0, 0.05) is 19.0 Å². The highest BCUT2D eigenvalue weighted by Gasteiger charge is 2.27. The van der Waals surface area contributed by atoms with Gasteiger partial charge in [-0.1, -0.05) is 25.4 Å². The van der Waals surface area contributed by atoms with Crippen LogP contribution in [-0.2, 0) is 16.6 Å². The van der Waals surface area contributed by atoms with Crippen molar-refractivity contribution in [1.29, 1.82) is 0 Å². The SMILES string of the molecule is CC(C)c1nn(C)c(Cl)c1[C@@H](CC=O)NC(=O)OC(C)(C)C. The van der Waals surface area contributed by atoms with E-state index in [2.05, 4.69) is 10.4 Å². The summed E-state index contributed by atoms with van der Waals surface area (Å²) in [6.45, 7) is 9.29. The number of ether oxygens (including phenoxy) is 1. The lowest BCUT2D eigenvalue weighted by atomic mass is 9.99. The zero-order chi connectivity index (χ0) is 17.1. The van der Waals surface area contributed by atoms with Gasteiger partial charge in [-0.2, -0.15) is 5.10 Å². The Morgan fingerprint density at radius 1 is 1.45 bits per heavy atom. The quantitative estimate of drug-likeness (QED) is 0.841. The molecule has 0 saturated carbocycles. The molecule has 0 unspecified atom stereocenters. The number of aryl methyl sites for hydroxylation is 1. The fourth-order valence-corrected chi connectivity index (χ4v) is 2.35. The Morgan fingerprint density at radius 3 is 2.50 bits per heavy atom. The zero-order valence-corrected chi connectivity index (χ0v) is 14.7. The van der Waals surface area contributed by atoms with E-state index in [4.69, 9.17) is 16.3 Å². The summed E-state index contributed by atoms with van der Waals surface area (Å²) in [6.07, 6.45) is 0.258. The van der Waals surface area contributed by atoms with Gasteiger partial charge in [0.15, 0.2) is 0 Å². The Kier molecular flexibility index (Phi) is 6.00. The Morgan fingerprint density at radius 2 is 2.05 bits per heavy atom. The number of aldehydes is 1. The summed E-state index contributed by atoms with van der Waals surface area (Å²) in [5, 5.41) is 7.49. The second-order valence-corrected chi connectivity index (χ2v) is 6.83. The Bertz CT molecular complexity index is 547. The predicted molar refractivity (Wildman–Crippen MR) is 85.1 cm³/mol. The second-order valence-electron chi connectivity index (χ2n) is 6.47. The summed E-state index contributed by atoms with van der Waals surface area (Å²) in [5.74, 6) is 0.114. The van der Waals surface area contributed by atoms with Crippen molar-refractivity contribution < 1.29 is 14.3 Å². The molecule has 0 aromatic carbocycles. The highest BCUT2D eigenvalue weighted by Crippen LogP contribution is 2.32. The summed E-state index contributed by atoms with van der Waals surface area (Å²) in [6, 6.07) is -0.564. The molecule has 124 valence electrons. The first-order chi connectivity index (χ1) is 10.1. The van der Waals surface area contributed by atoms with Crippen LogP contribution in [0, 0.1) is 0 Å². The summed E-state index contributed by atoms with van der Waals surface area (Å²) >= 11 is 6.30. The van der Waals surface area contributed by atoms with Crippen LogP contribution in [0.4, 0.5) is 4.79 Å². The van der Waals surface area contributed by atoms with E-state index < -0.39 is 17.7 Å². The van der Waals surface area contributed by atoms with Gasteiger partial charge >= 0.3 is 6.09 Å². The van der Waals surface area contributed by atoms with Crippen molar-refractivity contribution in [3.8, 4) is 0 Å². The molecule has 0 saturated heterocycles. The molecule has 0 spiro atoms. The van der Waals surface area contributed by atoms with Crippen LogP contribution in [0.15, 0.2) is 0 Å². The van der Waals surface area contributed by atoms with Gasteiger partial charge in [-0.15, -0.1) is 0 Å². The molecule has 0 radical (unpaired) electrons. The molecular weight excluding hydrogens is 306 g/mol. The van der Waals surface area contributed by atoms with Crippen molar-refractivity contribution in [3.05, 3.63) is 16.4 Å². The number of hydrogen-bond acceptors (Lipinski definition) is 4. The minimum atomic E-state index is -0.616. The maximum atomic E-state index is 12.0. The first-order valence-electron chi connectivity index (χ1n) is 7.22. The van der Waals surface area contributed by atoms with E-state index >= 15 is 0 Å². The molecule has 1 N–H and O–H groups in total. The van der Waals surface area contributed by atoms with Crippen LogP contribution in [0.1, 0.15) is 64.3 Å². The number of amides is 1. The largest absolute Gasteiger partial charge is 0.444 e. The smallest absolute Gasteiger partial charge is 0.408 e. The van der Waals surface area contributed by atoms with Gasteiger partial charge in [0.1, 0.15) is 17.0 Å². The first kappa shape index (κ1) is 18.5. The van der Waals surface area contributed by atoms with Crippen molar-refractivity contribution in [3.63, 3.8) is 0 Å². The molecule has 1 aromatic heterocycles. The molecule has 1 aromatic rings. The highest BCUT2D eigenvalue weighted by molar-refractivity contribution is 6.30. The van der Waals surface area contributed by atoms with Gasteiger partial charge in [0.05, 0.1) is 11.7 Å². The fraction of sp³-hybridized carbons (Fsp3) is 0.667. The molecule has 0 aliphatic rings. The topological polar surface area (TPSA) is 73.2 Å². The third kappa shape index (κ3) is 4.73. The maximum Gasteiger partial charge on any atom is 0.408 e. The maximum absolute atomic E-state index is 12.0. The van der Waals surface area contributed by atoms with Crippen molar-refractivity contribution in [2.75, 3.05) is 0 Å². The molecule has 0 aliphatic heterocycles. The second kappa shape index (κ2) is 7.13. The minimum Gasteiger partial charge on any atom is -0.444 e. The number of carbonyl (C=O) groups is 2. The third-order valence-corrected chi connectivity index (χ3v) is 3.41. The first-order valence-corrected chi connectivity index (χ1v) is 7.60. The van der Waals surface area contributed by atoms with Crippen LogP contribution in [-0.4, -0.2) is 27.8 Å². The summed E-state index contributed by atoms with van der Waals surface area (Å²) < 4.78 is 6.79. The molecule has 6 nitrogen and oxygen atoms in total. The number of aromatic nitrogens is 2. The summed E-state index contributed by atoms with van der Waals surface area (Å²) in [5.41, 5.74) is 0.808. The van der Waals surface area contributed by atoms with E-state index in [-0.39, 0.29) is 12.3 Å². The number of halogens is 1. The number of alkyl carbamates (subject to hydrolysis) is 1. The predicted octanol–water partition coefficient (Wildman–Crippen LogP) is 3.35. The normalized spacial score (nSPS) is 13.1. The van der Waals surface area contributed by atoms with Gasteiger partial charge in [0.2, 0.25) is 0 Å². The monoisotopic (exact) mass is 329 g/mol. The van der Waals surface area contributed by atoms with Gasteiger partial charge in [-0.3, -0.25) is 4.68 Å². The number of nitrogens with one attached hydrogen (secondary N) is 1. The third-order valence-electron chi connectivity index (χ3n) is 2.96. The number of carbonyl (C=O) groups excluding carboxylic acids is 2. The summed E-state index contributed by atoms with van der Waals surface area (Å²) in [7, 11) is 1.73. The highest BCUT2D eigenvalue weighted by atomic mass is 35.5. The zero-order valence-electron chi connectivity index (χ0n) is 13.9. The molecule has 1 rings (SSSR count). The molecule has 1 atom stereocenters. The van der Waals surface area contributed by atoms with Crippen molar-refractivity contribution in [2.24, 2.45) is 7.05 Å². The van der Waals surface area contributed by atoms with Crippen LogP contribution >= 0.6 is 11.6 Å². The van der Waals surface area contributed by atoms with Gasteiger partial charge in [0.25, 0.3) is 0 Å². The molecular formula is C15H24ClN3O3. The Labute approximate surface area is 136 Å². The Hall–Kier alpha value is -1.56. The van der Waals surface area contributed by atoms with E-state index in [1.54, 1.807) is 32.5 Å². The molecule has 0 aliphatic carbocycles. The molecule has 22 heavy (non-hydrogen) atoms. The van der Waals surface area contributed by atoms with E-state index in [9.17, 15) is 9.59 Å². The van der Waals surface area contributed by atoms with Gasteiger partial charge in [-0.25, -0.2) is 4.79 Å². The average molecular weight is 330 g/mol. The van der Waals surface area contributed by atoms with Crippen molar-refractivity contribution in [1.82, 2.24) is 15.1 Å². The van der Waals surface area contributed by atoms with Crippen molar-refractivity contribution >= 4 is 24.0 Å². The summed E-state index contributed by atoms with van der Waals surface area (Å²) in [4.78, 5) is 23.0. The van der Waals surface area contributed by atoms with Crippen LogP contribution in [0.2, 0.25) is 5.15 Å². The standard InChI is InChI=1S/C15H24ClN3O3/c1-9(2)12-11(13(16)19(6)18-12)10(7-8-20)17-14(21)22-15(3,4)5/h8-10H,7H2,1-6H3,(H,17,21)/t10-/m1/s1. The van der Waals surface area contributed by atoms with Crippen LogP contribution < -0.4 is 5.32 Å². The molecule has 0 fully saturated rings. The fourth-order valence-electron chi connectivity index (χ4n) is 2.08. The molecule has 7 heteroatoms. The molecule has 1 heterocycles. The average Bonchev–Trinajstić information content (AvgIpc) is 2.63. The van der Waals surface area contributed by atoms with Crippen LogP contribution in [0.25, 0.3) is 0 Å². The lowest BCUT2D eigenvalue weighted by Gasteiger charge is -2.23. The number of nitrogens with zero attached hydrogens (tertiary/aromatic N) is 2. The molecule has 1 amide bonds. The molecule has 0 bridgehead atoms. The van der Waals surface area contributed by atoms with E-state index in [0.717, 1.165) is 12.0 Å². The minimum absolute atomic E-state index is 0.102. The van der Waals surface area contributed by atoms with Crippen molar-refractivity contribution in [2.45, 2.75) is 58.6 Å². The van der Waals surface area contributed by atoms with Gasteiger partial charge in [-0.05, 0) is 26.7 Å². The lowest BCUT2D eigenvalue weighted by Crippen LogP contribution is -2.35. The van der Waals surface area contributed by atoms with E-state index in [0.29, 0.717) is 10.7 Å². The van der Waals surface area contributed by atoms with Crippen LogP contribution in [0.5, 0.6) is 0 Å². The van der Waals surface area contributed by atoms with E-state index in [1.807, 2.05) is 13.8 Å². The lowest BCUT2D eigenvalue weighted by molar-refractivity contribution is -0.108. The Balaban J connectivity index is 3.11. The number of rotatable bonds is 5.